The van der Waals surface area contributed by atoms with E-state index in [1.165, 1.54) is 24.3 Å². The van der Waals surface area contributed by atoms with E-state index in [0.717, 1.165) is 12.2 Å². The van der Waals surface area contributed by atoms with Crippen molar-refractivity contribution in [3.8, 4) is 6.07 Å². The summed E-state index contributed by atoms with van der Waals surface area (Å²) in [4.78, 5) is 38.9. The molecule has 1 aromatic rings. The minimum atomic E-state index is -4.28. The summed E-state index contributed by atoms with van der Waals surface area (Å²) in [5.41, 5.74) is 8.47. The third-order valence-corrected chi connectivity index (χ3v) is 9.34. The first kappa shape index (κ1) is 28.1. The van der Waals surface area contributed by atoms with Crippen LogP contribution in [0.3, 0.4) is 0 Å². The molecule has 0 spiro atoms. The molecule has 2 saturated heterocycles. The number of nitrogens with one attached hydrogen (secondary N) is 3. The number of azide groups is 1. The molecule has 3 atom stereocenters. The molecule has 3 N–H and O–H groups in total. The summed E-state index contributed by atoms with van der Waals surface area (Å²) in [6.45, 7) is -0.0873. The van der Waals surface area contributed by atoms with E-state index in [9.17, 15) is 22.8 Å². The van der Waals surface area contributed by atoms with Gasteiger partial charge in [-0.1, -0.05) is 11.5 Å². The number of unbranched alkanes of at least 4 members (excludes halogenated alkanes) is 1. The first-order valence-electron chi connectivity index (χ1n) is 11.8. The molecule has 2 aliphatic rings. The molecule has 2 aliphatic heterocycles. The number of hydrogen-bond donors (Lipinski definition) is 3. The van der Waals surface area contributed by atoms with E-state index >= 15 is 0 Å². The van der Waals surface area contributed by atoms with E-state index in [2.05, 4.69) is 26.0 Å². The Kier molecular flexibility index (Phi) is 10.0. The highest BCUT2D eigenvalue weighted by molar-refractivity contribution is 8.00. The third-order valence-electron chi connectivity index (χ3n) is 6.05. The van der Waals surface area contributed by atoms with E-state index in [0.29, 0.717) is 23.6 Å². The molecule has 37 heavy (non-hydrogen) atoms. The van der Waals surface area contributed by atoms with Crippen LogP contribution in [-0.4, -0.2) is 73.3 Å². The molecule has 0 aromatic heterocycles. The molecule has 198 valence electrons. The number of thioether (sulfide) groups is 1. The van der Waals surface area contributed by atoms with Crippen LogP contribution >= 0.6 is 11.8 Å². The van der Waals surface area contributed by atoms with E-state index in [1.54, 1.807) is 17.8 Å². The standard InChI is InChI=1S/C22H28N8O5S2/c23-10-13-30(19(31)5-2-1-4-18-20-17(14-36-18)27-22(33)28-20)37(34,35)16-8-6-15(7-9-16)21(32)25-11-3-12-26-29-24/h6-9,17-18,20H,1-5,11-14H2,(H,25,32)(H2,27,28,33)/t17?,18-,20?/m0/s1. The number of carbonyl (C=O) groups excluding carboxylic acids is 3. The second kappa shape index (κ2) is 13.2. The molecule has 0 bridgehead atoms. The molecule has 2 heterocycles. The van der Waals surface area contributed by atoms with Gasteiger partial charge >= 0.3 is 6.03 Å². The number of hydrogen-bond acceptors (Lipinski definition) is 8. The zero-order valence-electron chi connectivity index (χ0n) is 20.0. The van der Waals surface area contributed by atoms with Crippen molar-refractivity contribution in [2.45, 2.75) is 54.3 Å². The maximum Gasteiger partial charge on any atom is 0.315 e. The number of sulfonamides is 1. The minimum Gasteiger partial charge on any atom is -0.352 e. The molecule has 0 aliphatic carbocycles. The zero-order valence-corrected chi connectivity index (χ0v) is 21.6. The lowest BCUT2D eigenvalue weighted by Gasteiger charge is -2.20. The fourth-order valence-electron chi connectivity index (χ4n) is 4.16. The number of fused-ring (bicyclic) bond motifs is 1. The van der Waals surface area contributed by atoms with Crippen molar-refractivity contribution in [2.75, 3.05) is 25.4 Å². The van der Waals surface area contributed by atoms with E-state index in [-0.39, 0.29) is 53.3 Å². The lowest BCUT2D eigenvalue weighted by Crippen LogP contribution is -2.37. The number of benzene rings is 1. The summed E-state index contributed by atoms with van der Waals surface area (Å²) in [6.07, 6.45) is 2.33. The maximum atomic E-state index is 13.1. The smallest absolute Gasteiger partial charge is 0.315 e. The van der Waals surface area contributed by atoms with Crippen LogP contribution in [0.2, 0.25) is 0 Å². The molecule has 0 saturated carbocycles. The van der Waals surface area contributed by atoms with Gasteiger partial charge in [0.1, 0.15) is 6.54 Å². The Bertz CT molecular complexity index is 1190. The second-order valence-corrected chi connectivity index (χ2v) is 11.7. The summed E-state index contributed by atoms with van der Waals surface area (Å²) in [5, 5.41) is 21.2. The summed E-state index contributed by atoms with van der Waals surface area (Å²) in [6, 6.07) is 6.85. The number of amides is 4. The molecule has 2 fully saturated rings. The first-order chi connectivity index (χ1) is 17.8. The fraction of sp³-hybridized carbons (Fsp3) is 0.545. The van der Waals surface area contributed by atoms with Crippen LogP contribution < -0.4 is 16.0 Å². The monoisotopic (exact) mass is 548 g/mol. The number of nitriles is 1. The average molecular weight is 549 g/mol. The third kappa shape index (κ3) is 7.28. The summed E-state index contributed by atoms with van der Waals surface area (Å²) in [5.74, 6) is -0.260. The van der Waals surface area contributed by atoms with Gasteiger partial charge < -0.3 is 16.0 Å². The van der Waals surface area contributed by atoms with E-state index in [4.69, 9.17) is 10.8 Å². The van der Waals surface area contributed by atoms with Gasteiger partial charge in [-0.15, -0.1) is 0 Å². The molecule has 3 rings (SSSR count). The van der Waals surface area contributed by atoms with Crippen LogP contribution in [0.4, 0.5) is 4.79 Å². The van der Waals surface area contributed by atoms with Crippen molar-refractivity contribution in [2.24, 2.45) is 5.11 Å². The second-order valence-electron chi connectivity index (χ2n) is 8.52. The number of nitrogens with zero attached hydrogens (tertiary/aromatic N) is 5. The van der Waals surface area contributed by atoms with Gasteiger partial charge in [0.15, 0.2) is 0 Å². The normalized spacial score (nSPS) is 20.1. The number of urea groups is 1. The van der Waals surface area contributed by atoms with Crippen molar-refractivity contribution in [3.63, 3.8) is 0 Å². The van der Waals surface area contributed by atoms with Crippen molar-refractivity contribution < 1.29 is 22.8 Å². The Hall–Kier alpha value is -3.47. The van der Waals surface area contributed by atoms with Crippen LogP contribution in [0.5, 0.6) is 0 Å². The molecular weight excluding hydrogens is 520 g/mol. The van der Waals surface area contributed by atoms with Crippen molar-refractivity contribution in [3.05, 3.63) is 40.3 Å². The average Bonchev–Trinajstić information content (AvgIpc) is 3.43. The Morgan fingerprint density at radius 2 is 2.00 bits per heavy atom. The Balaban J connectivity index is 1.53. The van der Waals surface area contributed by atoms with Crippen molar-refractivity contribution in [1.29, 1.82) is 5.26 Å². The van der Waals surface area contributed by atoms with Crippen LogP contribution in [0.1, 0.15) is 42.5 Å². The minimum absolute atomic E-state index is 0.0344. The lowest BCUT2D eigenvalue weighted by atomic mass is 10.0. The van der Waals surface area contributed by atoms with Gasteiger partial charge in [0.25, 0.3) is 15.9 Å². The molecule has 15 heteroatoms. The Morgan fingerprint density at radius 1 is 1.24 bits per heavy atom. The molecule has 4 amide bonds. The van der Waals surface area contributed by atoms with Crippen LogP contribution in [0.15, 0.2) is 34.3 Å². The van der Waals surface area contributed by atoms with Gasteiger partial charge in [0, 0.05) is 41.0 Å². The predicted molar refractivity (Wildman–Crippen MR) is 136 cm³/mol. The van der Waals surface area contributed by atoms with Gasteiger partial charge in [-0.25, -0.2) is 17.5 Å². The lowest BCUT2D eigenvalue weighted by molar-refractivity contribution is -0.126. The number of carbonyl (C=O) groups is 3. The SMILES string of the molecule is N#CCN(C(=O)CCCC[C@@H]1SCC2NC(=O)NC21)S(=O)(=O)c1ccc(C(=O)NCCCN=[N+]=[N-])cc1. The Morgan fingerprint density at radius 3 is 2.70 bits per heavy atom. The highest BCUT2D eigenvalue weighted by atomic mass is 32.2. The van der Waals surface area contributed by atoms with Gasteiger partial charge in [-0.05, 0) is 49.1 Å². The Labute approximate surface area is 219 Å². The van der Waals surface area contributed by atoms with Crippen LogP contribution in [0, 0.1) is 11.3 Å². The highest BCUT2D eigenvalue weighted by Crippen LogP contribution is 2.33. The molecule has 0 radical (unpaired) electrons. The van der Waals surface area contributed by atoms with Gasteiger partial charge in [0.2, 0.25) is 5.91 Å². The summed E-state index contributed by atoms with van der Waals surface area (Å²) < 4.78 is 26.7. The maximum absolute atomic E-state index is 13.1. The van der Waals surface area contributed by atoms with Gasteiger partial charge in [0.05, 0.1) is 23.0 Å². The predicted octanol–water partition coefficient (Wildman–Crippen LogP) is 1.88. The molecule has 2 unspecified atom stereocenters. The number of rotatable bonds is 13. The molecule has 1 aromatic carbocycles. The van der Waals surface area contributed by atoms with E-state index < -0.39 is 28.4 Å². The van der Waals surface area contributed by atoms with Crippen molar-refractivity contribution >= 4 is 39.6 Å². The summed E-state index contributed by atoms with van der Waals surface area (Å²) in [7, 11) is -4.28. The quantitative estimate of drug-likeness (QED) is 0.0834. The zero-order chi connectivity index (χ0) is 26.8. The van der Waals surface area contributed by atoms with Gasteiger partial charge in [-0.2, -0.15) is 17.0 Å². The fourth-order valence-corrected chi connectivity index (χ4v) is 7.03. The van der Waals surface area contributed by atoms with E-state index in [1.807, 2.05) is 0 Å². The molecular formula is C22H28N8O5S2. The van der Waals surface area contributed by atoms with Crippen LogP contribution in [-0.2, 0) is 14.8 Å². The topological polar surface area (TPSA) is 197 Å². The first-order valence-corrected chi connectivity index (χ1v) is 14.3. The van der Waals surface area contributed by atoms with Gasteiger partial charge in [-0.3, -0.25) is 9.59 Å². The largest absolute Gasteiger partial charge is 0.352 e. The van der Waals surface area contributed by atoms with Crippen molar-refractivity contribution in [1.82, 2.24) is 20.3 Å². The summed E-state index contributed by atoms with van der Waals surface area (Å²) >= 11 is 1.76. The molecule has 13 nitrogen and oxygen atoms in total. The van der Waals surface area contributed by atoms with Crippen LogP contribution in [0.25, 0.3) is 10.4 Å². The highest BCUT2D eigenvalue weighted by Gasteiger charge is 2.42.